The standard InChI is InChI=1S/C22H25ClN2O2S/c1-27-18-6-4-5-16(13-18)14-24(17-9-10-17)15-21(26)25-11-12-28-22(25)19-7-2-3-8-20(19)23/h2-8,13,17,22H,9-12,14-15H2,1H3/p+1/t22-/m1/s1. The highest BCUT2D eigenvalue weighted by Gasteiger charge is 2.38. The molecule has 6 heteroatoms. The topological polar surface area (TPSA) is 34.0 Å². The predicted octanol–water partition coefficient (Wildman–Crippen LogP) is 3.17. The van der Waals surface area contributed by atoms with Crippen LogP contribution in [0.15, 0.2) is 48.5 Å². The number of quaternary nitrogens is 1. The van der Waals surface area contributed by atoms with Gasteiger partial charge in [-0.3, -0.25) is 4.79 Å². The van der Waals surface area contributed by atoms with E-state index < -0.39 is 0 Å². The lowest BCUT2D eigenvalue weighted by Crippen LogP contribution is -3.13. The summed E-state index contributed by atoms with van der Waals surface area (Å²) >= 11 is 8.21. The van der Waals surface area contributed by atoms with Crippen LogP contribution >= 0.6 is 23.4 Å². The van der Waals surface area contributed by atoms with Gasteiger partial charge in [0.25, 0.3) is 5.91 Å². The molecule has 0 aromatic heterocycles. The summed E-state index contributed by atoms with van der Waals surface area (Å²) in [7, 11) is 1.69. The Bertz CT molecular complexity index is 843. The van der Waals surface area contributed by atoms with Crippen LogP contribution in [0.2, 0.25) is 5.02 Å². The van der Waals surface area contributed by atoms with E-state index in [1.807, 2.05) is 41.3 Å². The van der Waals surface area contributed by atoms with E-state index in [4.69, 9.17) is 16.3 Å². The third-order valence-corrected chi connectivity index (χ3v) is 7.07. The van der Waals surface area contributed by atoms with Crippen LogP contribution in [0.25, 0.3) is 0 Å². The summed E-state index contributed by atoms with van der Waals surface area (Å²) in [4.78, 5) is 16.6. The summed E-state index contributed by atoms with van der Waals surface area (Å²) in [6.45, 7) is 2.17. The number of nitrogens with zero attached hydrogens (tertiary/aromatic N) is 1. The second-order valence-corrected chi connectivity index (χ2v) is 9.06. The Kier molecular flexibility index (Phi) is 6.14. The first-order valence-electron chi connectivity index (χ1n) is 9.78. The van der Waals surface area contributed by atoms with Gasteiger partial charge in [-0.05, 0) is 18.2 Å². The fraction of sp³-hybridized carbons (Fsp3) is 0.409. The van der Waals surface area contributed by atoms with Gasteiger partial charge in [0, 0.05) is 41.3 Å². The quantitative estimate of drug-likeness (QED) is 0.751. The molecule has 28 heavy (non-hydrogen) atoms. The van der Waals surface area contributed by atoms with Gasteiger partial charge in [0.1, 0.15) is 17.7 Å². The normalized spacial score (nSPS) is 20.2. The van der Waals surface area contributed by atoms with E-state index in [0.29, 0.717) is 12.6 Å². The van der Waals surface area contributed by atoms with Crippen molar-refractivity contribution in [3.63, 3.8) is 0 Å². The van der Waals surface area contributed by atoms with Crippen LogP contribution in [0.1, 0.15) is 29.3 Å². The molecule has 1 aliphatic carbocycles. The lowest BCUT2D eigenvalue weighted by atomic mass is 10.2. The molecule has 1 N–H and O–H groups in total. The maximum atomic E-state index is 13.2. The minimum absolute atomic E-state index is 0.0264. The summed E-state index contributed by atoms with van der Waals surface area (Å²) in [6.07, 6.45) is 2.41. The number of nitrogens with one attached hydrogen (secondary N) is 1. The minimum Gasteiger partial charge on any atom is -0.497 e. The van der Waals surface area contributed by atoms with E-state index in [1.165, 1.54) is 23.3 Å². The molecular formula is C22H26ClN2O2S+. The van der Waals surface area contributed by atoms with Gasteiger partial charge < -0.3 is 14.5 Å². The molecule has 1 amide bonds. The summed E-state index contributed by atoms with van der Waals surface area (Å²) in [5.74, 6) is 2.05. The Morgan fingerprint density at radius 3 is 2.82 bits per heavy atom. The summed E-state index contributed by atoms with van der Waals surface area (Å²) < 4.78 is 5.35. The zero-order valence-electron chi connectivity index (χ0n) is 16.1. The smallest absolute Gasteiger partial charge is 0.278 e. The Morgan fingerprint density at radius 2 is 2.07 bits per heavy atom. The van der Waals surface area contributed by atoms with E-state index in [2.05, 4.69) is 12.1 Å². The van der Waals surface area contributed by atoms with Gasteiger partial charge in [-0.2, -0.15) is 0 Å². The van der Waals surface area contributed by atoms with Gasteiger partial charge in [0.05, 0.1) is 13.2 Å². The molecule has 1 aliphatic heterocycles. The van der Waals surface area contributed by atoms with Gasteiger partial charge in [0.2, 0.25) is 0 Å². The molecule has 148 valence electrons. The average molecular weight is 418 g/mol. The average Bonchev–Trinajstić information content (AvgIpc) is 3.44. The zero-order valence-corrected chi connectivity index (χ0v) is 17.6. The Morgan fingerprint density at radius 1 is 1.25 bits per heavy atom. The lowest BCUT2D eigenvalue weighted by molar-refractivity contribution is -0.917. The Balaban J connectivity index is 1.46. The van der Waals surface area contributed by atoms with Gasteiger partial charge in [0.15, 0.2) is 6.54 Å². The van der Waals surface area contributed by atoms with Crippen LogP contribution in [-0.4, -0.2) is 42.8 Å². The molecule has 4 rings (SSSR count). The number of halogens is 1. The van der Waals surface area contributed by atoms with Crippen LogP contribution in [0, 0.1) is 0 Å². The number of hydrogen-bond acceptors (Lipinski definition) is 3. The van der Waals surface area contributed by atoms with Crippen molar-refractivity contribution in [1.82, 2.24) is 4.90 Å². The van der Waals surface area contributed by atoms with Crippen molar-refractivity contribution in [2.75, 3.05) is 26.0 Å². The van der Waals surface area contributed by atoms with Crippen molar-refractivity contribution in [3.8, 4) is 5.75 Å². The maximum Gasteiger partial charge on any atom is 0.278 e. The number of carbonyl (C=O) groups excluding carboxylic acids is 1. The van der Waals surface area contributed by atoms with Crippen molar-refractivity contribution in [2.45, 2.75) is 30.8 Å². The monoisotopic (exact) mass is 417 g/mol. The molecule has 2 atom stereocenters. The predicted molar refractivity (Wildman–Crippen MR) is 114 cm³/mol. The first-order valence-corrected chi connectivity index (χ1v) is 11.2. The van der Waals surface area contributed by atoms with Crippen LogP contribution in [0.4, 0.5) is 0 Å². The van der Waals surface area contributed by atoms with Crippen LogP contribution in [0.3, 0.4) is 0 Å². The molecule has 4 nitrogen and oxygen atoms in total. The largest absolute Gasteiger partial charge is 0.497 e. The van der Waals surface area contributed by atoms with Gasteiger partial charge in [-0.15, -0.1) is 11.8 Å². The van der Waals surface area contributed by atoms with Crippen molar-refractivity contribution in [1.29, 1.82) is 0 Å². The lowest BCUT2D eigenvalue weighted by Gasteiger charge is -2.27. The summed E-state index contributed by atoms with van der Waals surface area (Å²) in [5, 5.41) is 0.765. The molecular weight excluding hydrogens is 392 g/mol. The Labute approximate surface area is 175 Å². The van der Waals surface area contributed by atoms with Crippen molar-refractivity contribution >= 4 is 29.3 Å². The number of carbonyl (C=O) groups is 1. The van der Waals surface area contributed by atoms with Crippen LogP contribution in [-0.2, 0) is 11.3 Å². The third-order valence-electron chi connectivity index (χ3n) is 5.48. The van der Waals surface area contributed by atoms with E-state index in [1.54, 1.807) is 18.9 Å². The fourth-order valence-corrected chi connectivity index (χ4v) is 5.46. The number of rotatable bonds is 7. The number of methoxy groups -OCH3 is 1. The molecule has 1 heterocycles. The second-order valence-electron chi connectivity index (χ2n) is 7.47. The number of benzene rings is 2. The minimum atomic E-state index is 0.0264. The molecule has 2 fully saturated rings. The maximum absolute atomic E-state index is 13.2. The Hall–Kier alpha value is -1.69. The molecule has 2 aromatic carbocycles. The van der Waals surface area contributed by atoms with Gasteiger partial charge >= 0.3 is 0 Å². The molecule has 1 unspecified atom stereocenters. The third kappa shape index (κ3) is 4.48. The van der Waals surface area contributed by atoms with Crippen LogP contribution in [0.5, 0.6) is 5.75 Å². The van der Waals surface area contributed by atoms with Crippen molar-refractivity contribution in [3.05, 3.63) is 64.7 Å². The van der Waals surface area contributed by atoms with E-state index in [9.17, 15) is 4.79 Å². The van der Waals surface area contributed by atoms with Crippen molar-refractivity contribution in [2.24, 2.45) is 0 Å². The summed E-state index contributed by atoms with van der Waals surface area (Å²) in [6, 6.07) is 16.6. The number of amides is 1. The molecule has 0 bridgehead atoms. The summed E-state index contributed by atoms with van der Waals surface area (Å²) in [5.41, 5.74) is 2.26. The highest BCUT2D eigenvalue weighted by atomic mass is 35.5. The van der Waals surface area contributed by atoms with Gasteiger partial charge in [-0.25, -0.2) is 0 Å². The molecule has 0 radical (unpaired) electrons. The molecule has 1 saturated heterocycles. The first kappa shape index (κ1) is 19.6. The van der Waals surface area contributed by atoms with E-state index in [-0.39, 0.29) is 11.3 Å². The SMILES string of the molecule is COc1cccc(C[NH+](CC(=O)N2CCS[C@@H]2c2ccccc2Cl)C2CC2)c1. The number of ether oxygens (including phenoxy) is 1. The fourth-order valence-electron chi connectivity index (χ4n) is 3.84. The zero-order chi connectivity index (χ0) is 19.5. The molecule has 1 saturated carbocycles. The van der Waals surface area contributed by atoms with E-state index >= 15 is 0 Å². The van der Waals surface area contributed by atoms with Crippen molar-refractivity contribution < 1.29 is 14.4 Å². The number of thioether (sulfide) groups is 1. The van der Waals surface area contributed by atoms with Crippen LogP contribution < -0.4 is 9.64 Å². The second kappa shape index (κ2) is 8.76. The highest BCUT2D eigenvalue weighted by molar-refractivity contribution is 7.99. The van der Waals surface area contributed by atoms with Gasteiger partial charge in [-0.1, -0.05) is 41.9 Å². The number of hydrogen-bond donors (Lipinski definition) is 1. The van der Waals surface area contributed by atoms with E-state index in [0.717, 1.165) is 35.2 Å². The molecule has 2 aliphatic rings. The molecule has 2 aromatic rings. The molecule has 0 spiro atoms. The highest BCUT2D eigenvalue weighted by Crippen LogP contribution is 2.40. The first-order chi connectivity index (χ1) is 13.7.